The third-order valence-corrected chi connectivity index (χ3v) is 3.12. The molecule has 0 aliphatic heterocycles. The van der Waals surface area contributed by atoms with Gasteiger partial charge >= 0.3 is 0 Å². The molecule has 7 heteroatoms. The second kappa shape index (κ2) is 7.69. The number of oxazole rings is 1. The predicted molar refractivity (Wildman–Crippen MR) is 83.2 cm³/mol. The first kappa shape index (κ1) is 16.1. The molecule has 22 heavy (non-hydrogen) atoms. The lowest BCUT2D eigenvalue weighted by atomic mass is 10.3. The van der Waals surface area contributed by atoms with E-state index in [1.54, 1.807) is 24.3 Å². The van der Waals surface area contributed by atoms with Crippen LogP contribution in [0.2, 0.25) is 5.02 Å². The van der Waals surface area contributed by atoms with Crippen LogP contribution in [0.5, 0.6) is 5.75 Å². The average molecular weight is 322 g/mol. The van der Waals surface area contributed by atoms with E-state index in [0.29, 0.717) is 29.1 Å². The van der Waals surface area contributed by atoms with Crippen LogP contribution in [-0.2, 0) is 6.61 Å². The van der Waals surface area contributed by atoms with E-state index in [1.807, 2.05) is 6.07 Å². The van der Waals surface area contributed by atoms with Gasteiger partial charge in [-0.3, -0.25) is 0 Å². The molecular formula is C15H18ClN4O2+. The summed E-state index contributed by atoms with van der Waals surface area (Å²) in [4.78, 5) is 5.41. The van der Waals surface area contributed by atoms with Crippen molar-refractivity contribution in [3.63, 3.8) is 0 Å². The molecule has 0 saturated heterocycles. The fourth-order valence-corrected chi connectivity index (χ4v) is 1.85. The lowest BCUT2D eigenvalue weighted by Gasteiger charge is -2.07. The molecule has 1 aromatic heterocycles. The minimum atomic E-state index is 0.150. The van der Waals surface area contributed by atoms with Crippen LogP contribution in [0.25, 0.3) is 0 Å². The quantitative estimate of drug-likeness (QED) is 0.805. The maximum Gasteiger partial charge on any atom is 0.236 e. The number of halogens is 1. The molecule has 0 amide bonds. The van der Waals surface area contributed by atoms with Gasteiger partial charge in [-0.1, -0.05) is 11.6 Å². The average Bonchev–Trinajstić information content (AvgIpc) is 2.89. The molecular weight excluding hydrogens is 304 g/mol. The van der Waals surface area contributed by atoms with Gasteiger partial charge in [0.15, 0.2) is 6.61 Å². The summed E-state index contributed by atoms with van der Waals surface area (Å²) >= 11 is 5.81. The zero-order valence-corrected chi connectivity index (χ0v) is 13.3. The molecule has 2 aromatic rings. The maximum absolute atomic E-state index is 9.08. The number of ether oxygens (including phenoxy) is 1. The number of anilines is 1. The Morgan fingerprint density at radius 1 is 1.36 bits per heavy atom. The second-order valence-electron chi connectivity index (χ2n) is 5.02. The first-order valence-corrected chi connectivity index (χ1v) is 7.27. The van der Waals surface area contributed by atoms with E-state index in [9.17, 15) is 0 Å². The van der Waals surface area contributed by atoms with Gasteiger partial charge in [0.05, 0.1) is 27.2 Å². The molecule has 0 fully saturated rings. The Kier molecular flexibility index (Phi) is 5.64. The summed E-state index contributed by atoms with van der Waals surface area (Å²) in [5, 5.41) is 12.8. The molecule has 0 atom stereocenters. The predicted octanol–water partition coefficient (Wildman–Crippen LogP) is 1.34. The molecule has 116 valence electrons. The lowest BCUT2D eigenvalue weighted by Crippen LogP contribution is -3.06. The molecule has 0 aliphatic rings. The standard InChI is InChI=1S/C15H17ClN4O2/c1-20(2)8-7-18-15-13(9-17)19-14(22-15)10-21-12-5-3-11(16)4-6-12/h3-6,18H,7-8,10H2,1-2H3/p+1. The molecule has 2 rings (SSSR count). The number of nitrogens with zero attached hydrogens (tertiary/aromatic N) is 2. The molecule has 0 spiro atoms. The van der Waals surface area contributed by atoms with Crippen molar-refractivity contribution in [2.45, 2.75) is 6.61 Å². The molecule has 0 unspecified atom stereocenters. The number of nitriles is 1. The van der Waals surface area contributed by atoms with Crippen molar-refractivity contribution in [3.05, 3.63) is 40.9 Å². The summed E-state index contributed by atoms with van der Waals surface area (Å²) in [6.45, 7) is 1.75. The summed E-state index contributed by atoms with van der Waals surface area (Å²) in [6.07, 6.45) is 0. The summed E-state index contributed by atoms with van der Waals surface area (Å²) in [7, 11) is 4.11. The van der Waals surface area contributed by atoms with Crippen LogP contribution in [-0.4, -0.2) is 32.2 Å². The largest absolute Gasteiger partial charge is 0.484 e. The van der Waals surface area contributed by atoms with Gasteiger partial charge in [-0.2, -0.15) is 10.2 Å². The summed E-state index contributed by atoms with van der Waals surface area (Å²) in [6, 6.07) is 9.01. The maximum atomic E-state index is 9.08. The number of quaternary nitrogens is 1. The third-order valence-electron chi connectivity index (χ3n) is 2.86. The van der Waals surface area contributed by atoms with E-state index in [1.165, 1.54) is 4.90 Å². The van der Waals surface area contributed by atoms with Crippen LogP contribution in [0.4, 0.5) is 5.88 Å². The molecule has 0 aliphatic carbocycles. The van der Waals surface area contributed by atoms with E-state index in [4.69, 9.17) is 26.0 Å². The van der Waals surface area contributed by atoms with Crippen molar-refractivity contribution in [2.24, 2.45) is 0 Å². The zero-order chi connectivity index (χ0) is 15.9. The van der Waals surface area contributed by atoms with Gasteiger partial charge in [0.1, 0.15) is 11.8 Å². The van der Waals surface area contributed by atoms with Gasteiger partial charge in [0.25, 0.3) is 0 Å². The second-order valence-corrected chi connectivity index (χ2v) is 5.46. The Balaban J connectivity index is 1.95. The van der Waals surface area contributed by atoms with Crippen molar-refractivity contribution < 1.29 is 14.1 Å². The highest BCUT2D eigenvalue weighted by molar-refractivity contribution is 6.30. The fraction of sp³-hybridized carbons (Fsp3) is 0.333. The Morgan fingerprint density at radius 3 is 2.73 bits per heavy atom. The van der Waals surface area contributed by atoms with Crippen molar-refractivity contribution in [3.8, 4) is 11.8 Å². The van der Waals surface area contributed by atoms with E-state index >= 15 is 0 Å². The van der Waals surface area contributed by atoms with Crippen LogP contribution in [0.15, 0.2) is 28.7 Å². The minimum Gasteiger partial charge on any atom is -0.484 e. The SMILES string of the molecule is C[NH+](C)CCNc1oc(COc2ccc(Cl)cc2)nc1C#N. The molecule has 0 bridgehead atoms. The highest BCUT2D eigenvalue weighted by Crippen LogP contribution is 2.19. The van der Waals surface area contributed by atoms with Gasteiger partial charge in [-0.15, -0.1) is 0 Å². The molecule has 0 saturated carbocycles. The van der Waals surface area contributed by atoms with Gasteiger partial charge in [0, 0.05) is 5.02 Å². The van der Waals surface area contributed by atoms with Gasteiger partial charge < -0.3 is 19.4 Å². The Hall–Kier alpha value is -2.23. The Morgan fingerprint density at radius 2 is 2.09 bits per heavy atom. The summed E-state index contributed by atoms with van der Waals surface area (Å²) in [5.41, 5.74) is 0.239. The Bertz CT molecular complexity index is 647. The normalized spacial score (nSPS) is 10.5. The van der Waals surface area contributed by atoms with Crippen LogP contribution in [0, 0.1) is 11.3 Å². The molecule has 1 heterocycles. The smallest absolute Gasteiger partial charge is 0.236 e. The molecule has 2 N–H and O–H groups in total. The number of hydrogen-bond acceptors (Lipinski definition) is 5. The number of benzene rings is 1. The number of hydrogen-bond donors (Lipinski definition) is 2. The van der Waals surface area contributed by atoms with Crippen LogP contribution < -0.4 is 15.0 Å². The van der Waals surface area contributed by atoms with Crippen molar-refractivity contribution in [1.82, 2.24) is 4.98 Å². The first-order chi connectivity index (χ1) is 10.6. The fourth-order valence-electron chi connectivity index (χ4n) is 1.72. The highest BCUT2D eigenvalue weighted by atomic mass is 35.5. The monoisotopic (exact) mass is 321 g/mol. The number of likely N-dealkylation sites (N-methyl/N-ethyl adjacent to an activating group) is 1. The van der Waals surface area contributed by atoms with E-state index in [-0.39, 0.29) is 12.3 Å². The van der Waals surface area contributed by atoms with Gasteiger partial charge in [-0.25, -0.2) is 0 Å². The van der Waals surface area contributed by atoms with Gasteiger partial charge in [-0.05, 0) is 24.3 Å². The van der Waals surface area contributed by atoms with Gasteiger partial charge in [0.2, 0.25) is 17.5 Å². The number of rotatable bonds is 7. The molecule has 0 radical (unpaired) electrons. The molecule has 6 nitrogen and oxygen atoms in total. The van der Waals surface area contributed by atoms with Crippen molar-refractivity contribution in [1.29, 1.82) is 5.26 Å². The highest BCUT2D eigenvalue weighted by Gasteiger charge is 2.13. The van der Waals surface area contributed by atoms with Crippen LogP contribution in [0.3, 0.4) is 0 Å². The number of aromatic nitrogens is 1. The lowest BCUT2D eigenvalue weighted by molar-refractivity contribution is -0.856. The first-order valence-electron chi connectivity index (χ1n) is 6.89. The van der Waals surface area contributed by atoms with Crippen molar-refractivity contribution >= 4 is 17.5 Å². The number of nitrogens with one attached hydrogen (secondary N) is 2. The van der Waals surface area contributed by atoms with Crippen LogP contribution >= 0.6 is 11.6 Å². The van der Waals surface area contributed by atoms with E-state index in [0.717, 1.165) is 6.54 Å². The van der Waals surface area contributed by atoms with E-state index < -0.39 is 0 Å². The molecule has 1 aromatic carbocycles. The third kappa shape index (κ3) is 4.65. The summed E-state index contributed by atoms with van der Waals surface area (Å²) < 4.78 is 11.1. The van der Waals surface area contributed by atoms with Crippen LogP contribution in [0.1, 0.15) is 11.6 Å². The minimum absolute atomic E-state index is 0.150. The van der Waals surface area contributed by atoms with E-state index in [2.05, 4.69) is 24.4 Å². The topological polar surface area (TPSA) is 75.5 Å². The van der Waals surface area contributed by atoms with Crippen molar-refractivity contribution in [2.75, 3.05) is 32.5 Å². The summed E-state index contributed by atoms with van der Waals surface area (Å²) in [5.74, 6) is 1.40. The Labute approximate surface area is 134 Å². The zero-order valence-electron chi connectivity index (χ0n) is 12.5.